The molecule has 30 heavy (non-hydrogen) atoms. The van der Waals surface area contributed by atoms with Crippen molar-refractivity contribution >= 4 is 29.9 Å². The second-order valence-corrected chi connectivity index (χ2v) is 7.42. The summed E-state index contributed by atoms with van der Waals surface area (Å²) in [6.45, 7) is 9.50. The van der Waals surface area contributed by atoms with E-state index in [1.54, 1.807) is 0 Å². The van der Waals surface area contributed by atoms with Crippen molar-refractivity contribution in [3.8, 4) is 5.75 Å². The minimum Gasteiger partial charge on any atom is -0.494 e. The zero-order valence-electron chi connectivity index (χ0n) is 18.1. The second kappa shape index (κ2) is 13.5. The van der Waals surface area contributed by atoms with Gasteiger partial charge in [-0.05, 0) is 38.3 Å². The van der Waals surface area contributed by atoms with Crippen LogP contribution in [-0.4, -0.2) is 43.1 Å². The highest BCUT2D eigenvalue weighted by Crippen LogP contribution is 2.19. The van der Waals surface area contributed by atoms with Crippen molar-refractivity contribution in [3.63, 3.8) is 0 Å². The summed E-state index contributed by atoms with van der Waals surface area (Å²) in [5, 5.41) is 7.02. The third kappa shape index (κ3) is 7.80. The maximum absolute atomic E-state index is 5.72. The Morgan fingerprint density at radius 1 is 1.03 bits per heavy atom. The van der Waals surface area contributed by atoms with Crippen LogP contribution >= 0.6 is 24.0 Å². The molecule has 0 amide bonds. The van der Waals surface area contributed by atoms with E-state index in [1.807, 2.05) is 25.1 Å². The number of para-hydroxylation sites is 1. The van der Waals surface area contributed by atoms with Gasteiger partial charge in [-0.2, -0.15) is 0 Å². The number of piperidine rings is 1. The molecule has 164 valence electrons. The summed E-state index contributed by atoms with van der Waals surface area (Å²) in [7, 11) is 0. The zero-order valence-corrected chi connectivity index (χ0v) is 20.5. The number of ether oxygens (including phenoxy) is 1. The summed E-state index contributed by atoms with van der Waals surface area (Å²) in [6.07, 6.45) is 2.26. The fourth-order valence-electron chi connectivity index (χ4n) is 3.69. The molecular weight excluding hydrogens is 487 g/mol. The van der Waals surface area contributed by atoms with Crippen LogP contribution in [0.2, 0.25) is 0 Å². The van der Waals surface area contributed by atoms with Crippen LogP contribution < -0.4 is 15.4 Å². The Bertz CT molecular complexity index is 761. The minimum absolute atomic E-state index is 0. The van der Waals surface area contributed by atoms with Gasteiger partial charge >= 0.3 is 0 Å². The van der Waals surface area contributed by atoms with E-state index in [9.17, 15) is 0 Å². The fourth-order valence-corrected chi connectivity index (χ4v) is 3.69. The molecule has 1 heterocycles. The average molecular weight is 522 g/mol. The van der Waals surface area contributed by atoms with Crippen molar-refractivity contribution in [2.24, 2.45) is 4.99 Å². The lowest BCUT2D eigenvalue weighted by atomic mass is 10.0. The minimum atomic E-state index is 0. The van der Waals surface area contributed by atoms with E-state index in [2.05, 4.69) is 58.9 Å². The maximum Gasteiger partial charge on any atom is 0.191 e. The molecule has 0 radical (unpaired) electrons. The summed E-state index contributed by atoms with van der Waals surface area (Å²) in [4.78, 5) is 7.35. The summed E-state index contributed by atoms with van der Waals surface area (Å²) in [6, 6.07) is 19.3. The molecule has 0 aromatic heterocycles. The monoisotopic (exact) mass is 522 g/mol. The van der Waals surface area contributed by atoms with Crippen LogP contribution in [0.4, 0.5) is 0 Å². The lowest BCUT2D eigenvalue weighted by Crippen LogP contribution is -2.48. The number of likely N-dealkylation sites (tertiary alicyclic amines) is 1. The Balaban J connectivity index is 0.00000320. The van der Waals surface area contributed by atoms with Crippen molar-refractivity contribution < 1.29 is 4.74 Å². The molecule has 0 bridgehead atoms. The molecule has 0 atom stereocenters. The standard InChI is InChI=1S/C24H34N4O.HI/c1-3-25-24(26-18-21-12-8-9-13-23(21)29-4-2)27-22-14-16-28(17-15-22)19-20-10-6-5-7-11-20;/h5-13,22H,3-4,14-19H2,1-2H3,(H2,25,26,27);1H. The summed E-state index contributed by atoms with van der Waals surface area (Å²) >= 11 is 0. The van der Waals surface area contributed by atoms with E-state index >= 15 is 0 Å². The van der Waals surface area contributed by atoms with Crippen LogP contribution in [0.5, 0.6) is 5.75 Å². The highest BCUT2D eigenvalue weighted by Gasteiger charge is 2.20. The third-order valence-electron chi connectivity index (χ3n) is 5.20. The largest absolute Gasteiger partial charge is 0.494 e. The topological polar surface area (TPSA) is 48.9 Å². The van der Waals surface area contributed by atoms with Crippen molar-refractivity contribution in [2.45, 2.75) is 45.8 Å². The smallest absolute Gasteiger partial charge is 0.191 e. The normalized spacial score (nSPS) is 15.3. The number of hydrogen-bond acceptors (Lipinski definition) is 3. The number of nitrogens with zero attached hydrogens (tertiary/aromatic N) is 2. The maximum atomic E-state index is 5.72. The molecule has 0 spiro atoms. The van der Waals surface area contributed by atoms with Crippen LogP contribution in [0.3, 0.4) is 0 Å². The van der Waals surface area contributed by atoms with E-state index in [-0.39, 0.29) is 24.0 Å². The van der Waals surface area contributed by atoms with Gasteiger partial charge in [0.15, 0.2) is 5.96 Å². The number of aliphatic imine (C=N–C) groups is 1. The molecule has 3 rings (SSSR count). The zero-order chi connectivity index (χ0) is 20.3. The first-order valence-electron chi connectivity index (χ1n) is 10.8. The van der Waals surface area contributed by atoms with Crippen molar-refractivity contribution in [1.82, 2.24) is 15.5 Å². The SMILES string of the molecule is CCNC(=NCc1ccccc1OCC)NC1CCN(Cc2ccccc2)CC1.I. The Kier molecular flexibility index (Phi) is 11.0. The Morgan fingerprint density at radius 2 is 1.73 bits per heavy atom. The molecule has 0 saturated carbocycles. The van der Waals surface area contributed by atoms with Crippen LogP contribution in [0.1, 0.15) is 37.8 Å². The van der Waals surface area contributed by atoms with Crippen LogP contribution in [0.25, 0.3) is 0 Å². The number of nitrogens with one attached hydrogen (secondary N) is 2. The fraction of sp³-hybridized carbons (Fsp3) is 0.458. The van der Waals surface area contributed by atoms with Crippen molar-refractivity contribution in [2.75, 3.05) is 26.2 Å². The predicted octanol–water partition coefficient (Wildman–Crippen LogP) is 4.42. The highest BCUT2D eigenvalue weighted by molar-refractivity contribution is 14.0. The van der Waals surface area contributed by atoms with Gasteiger partial charge < -0.3 is 15.4 Å². The van der Waals surface area contributed by atoms with E-state index < -0.39 is 0 Å². The number of rotatable bonds is 8. The summed E-state index contributed by atoms with van der Waals surface area (Å²) in [5.41, 5.74) is 2.51. The second-order valence-electron chi connectivity index (χ2n) is 7.42. The molecule has 2 aromatic carbocycles. The van der Waals surface area contributed by atoms with E-state index in [4.69, 9.17) is 9.73 Å². The van der Waals surface area contributed by atoms with Crippen LogP contribution in [0, 0.1) is 0 Å². The van der Waals surface area contributed by atoms with E-state index in [1.165, 1.54) is 5.56 Å². The molecule has 0 aliphatic carbocycles. The van der Waals surface area contributed by atoms with Gasteiger partial charge in [0, 0.05) is 37.8 Å². The Labute approximate surface area is 198 Å². The molecule has 0 unspecified atom stereocenters. The Morgan fingerprint density at radius 3 is 2.43 bits per heavy atom. The molecule has 1 aliphatic heterocycles. The molecule has 1 fully saturated rings. The molecule has 1 saturated heterocycles. The van der Waals surface area contributed by atoms with E-state index in [0.717, 1.165) is 56.3 Å². The molecule has 2 N–H and O–H groups in total. The first-order chi connectivity index (χ1) is 14.3. The lowest BCUT2D eigenvalue weighted by molar-refractivity contribution is 0.198. The summed E-state index contributed by atoms with van der Waals surface area (Å²) in [5.74, 6) is 1.81. The number of halogens is 1. The quantitative estimate of drug-likeness (QED) is 0.306. The molecular formula is C24H35IN4O. The van der Waals surface area contributed by atoms with Crippen molar-refractivity contribution in [1.29, 1.82) is 0 Å². The first-order valence-corrected chi connectivity index (χ1v) is 10.8. The van der Waals surface area contributed by atoms with Gasteiger partial charge in [-0.1, -0.05) is 48.5 Å². The summed E-state index contributed by atoms with van der Waals surface area (Å²) < 4.78 is 5.72. The average Bonchev–Trinajstić information content (AvgIpc) is 2.75. The van der Waals surface area contributed by atoms with E-state index in [0.29, 0.717) is 19.2 Å². The third-order valence-corrected chi connectivity index (χ3v) is 5.20. The molecule has 1 aliphatic rings. The van der Waals surface area contributed by atoms with Crippen LogP contribution in [0.15, 0.2) is 59.6 Å². The van der Waals surface area contributed by atoms with Crippen molar-refractivity contribution in [3.05, 3.63) is 65.7 Å². The van der Waals surface area contributed by atoms with Gasteiger partial charge in [0.1, 0.15) is 5.75 Å². The number of benzene rings is 2. The first kappa shape index (κ1) is 24.5. The van der Waals surface area contributed by atoms with Gasteiger partial charge in [-0.15, -0.1) is 24.0 Å². The van der Waals surface area contributed by atoms with Crippen LogP contribution in [-0.2, 0) is 13.1 Å². The van der Waals surface area contributed by atoms with Gasteiger partial charge in [-0.3, -0.25) is 4.90 Å². The van der Waals surface area contributed by atoms with Gasteiger partial charge in [0.25, 0.3) is 0 Å². The number of hydrogen-bond donors (Lipinski definition) is 2. The Hall–Kier alpha value is -1.80. The van der Waals surface area contributed by atoms with Gasteiger partial charge in [-0.25, -0.2) is 4.99 Å². The molecule has 2 aromatic rings. The molecule has 6 heteroatoms. The van der Waals surface area contributed by atoms with Gasteiger partial charge in [0.05, 0.1) is 13.2 Å². The lowest BCUT2D eigenvalue weighted by Gasteiger charge is -2.33. The van der Waals surface area contributed by atoms with Gasteiger partial charge in [0.2, 0.25) is 0 Å². The number of guanidine groups is 1. The molecule has 5 nitrogen and oxygen atoms in total. The predicted molar refractivity (Wildman–Crippen MR) is 136 cm³/mol. The highest BCUT2D eigenvalue weighted by atomic mass is 127.